The second-order valence-electron chi connectivity index (χ2n) is 8.22. The molecule has 0 radical (unpaired) electrons. The topological polar surface area (TPSA) is 87.8 Å². The molecule has 0 unspecified atom stereocenters. The monoisotopic (exact) mass is 388 g/mol. The number of piperidine rings is 2. The number of hydrogen-bond donors (Lipinski definition) is 1. The first kappa shape index (κ1) is 19.4. The highest BCUT2D eigenvalue weighted by atomic mass is 16.5. The summed E-state index contributed by atoms with van der Waals surface area (Å²) in [7, 11) is 0. The molecule has 4 heterocycles. The first-order chi connectivity index (χ1) is 13.6. The van der Waals surface area contributed by atoms with Crippen molar-refractivity contribution >= 4 is 17.7 Å². The van der Waals surface area contributed by atoms with Gasteiger partial charge in [-0.25, -0.2) is 4.98 Å². The molecule has 3 fully saturated rings. The Hall–Kier alpha value is -1.93. The van der Waals surface area contributed by atoms with Crippen LogP contribution in [0.1, 0.15) is 31.4 Å². The molecule has 8 heteroatoms. The number of hydrogen-bond acceptors (Lipinski definition) is 7. The van der Waals surface area contributed by atoms with Gasteiger partial charge in [-0.15, -0.1) is 0 Å². The van der Waals surface area contributed by atoms with Gasteiger partial charge in [-0.05, 0) is 39.2 Å². The minimum atomic E-state index is 0.147. The molecule has 0 bridgehead atoms. The van der Waals surface area contributed by atoms with Gasteiger partial charge in [-0.2, -0.15) is 4.98 Å². The SMILES string of the molecule is Cc1cc(N2CCC(N3CCC[C@@H](C(=O)N4CCOCC4)C3)CC2)nc(N)n1. The van der Waals surface area contributed by atoms with Crippen LogP contribution in [-0.2, 0) is 9.53 Å². The van der Waals surface area contributed by atoms with Gasteiger partial charge in [0.1, 0.15) is 5.82 Å². The largest absolute Gasteiger partial charge is 0.378 e. The van der Waals surface area contributed by atoms with Crippen molar-refractivity contribution in [3.05, 3.63) is 11.8 Å². The van der Waals surface area contributed by atoms with E-state index in [9.17, 15) is 4.79 Å². The van der Waals surface area contributed by atoms with E-state index in [4.69, 9.17) is 10.5 Å². The van der Waals surface area contributed by atoms with Gasteiger partial charge in [-0.1, -0.05) is 0 Å². The van der Waals surface area contributed by atoms with Crippen molar-refractivity contribution in [3.63, 3.8) is 0 Å². The number of ether oxygens (including phenoxy) is 1. The highest BCUT2D eigenvalue weighted by Crippen LogP contribution is 2.27. The maximum absolute atomic E-state index is 12.9. The zero-order valence-corrected chi connectivity index (χ0v) is 16.8. The lowest BCUT2D eigenvalue weighted by Crippen LogP contribution is -2.52. The number of amides is 1. The maximum atomic E-state index is 12.9. The van der Waals surface area contributed by atoms with Gasteiger partial charge in [0.25, 0.3) is 0 Å². The summed E-state index contributed by atoms with van der Waals surface area (Å²) < 4.78 is 5.39. The van der Waals surface area contributed by atoms with Crippen LogP contribution in [0.5, 0.6) is 0 Å². The van der Waals surface area contributed by atoms with Crippen molar-refractivity contribution < 1.29 is 9.53 Å². The van der Waals surface area contributed by atoms with E-state index >= 15 is 0 Å². The van der Waals surface area contributed by atoms with Crippen LogP contribution in [0.15, 0.2) is 6.07 Å². The highest BCUT2D eigenvalue weighted by Gasteiger charge is 2.34. The van der Waals surface area contributed by atoms with Gasteiger partial charge >= 0.3 is 0 Å². The number of nitrogen functional groups attached to an aromatic ring is 1. The molecule has 1 aromatic rings. The first-order valence-corrected chi connectivity index (χ1v) is 10.6. The molecule has 3 saturated heterocycles. The molecule has 0 aromatic carbocycles. The van der Waals surface area contributed by atoms with Crippen LogP contribution in [0.3, 0.4) is 0 Å². The summed E-state index contributed by atoms with van der Waals surface area (Å²) in [5.41, 5.74) is 6.72. The van der Waals surface area contributed by atoms with Gasteiger partial charge in [0.05, 0.1) is 19.1 Å². The van der Waals surface area contributed by atoms with Crippen LogP contribution in [0.25, 0.3) is 0 Å². The molecule has 1 atom stereocenters. The van der Waals surface area contributed by atoms with E-state index in [2.05, 4.69) is 19.8 Å². The number of likely N-dealkylation sites (tertiary alicyclic amines) is 1. The summed E-state index contributed by atoms with van der Waals surface area (Å²) in [6, 6.07) is 2.56. The van der Waals surface area contributed by atoms with Crippen LogP contribution in [0, 0.1) is 12.8 Å². The quantitative estimate of drug-likeness (QED) is 0.823. The summed E-state index contributed by atoms with van der Waals surface area (Å²) >= 11 is 0. The van der Waals surface area contributed by atoms with Gasteiger partial charge in [0.2, 0.25) is 11.9 Å². The standard InChI is InChI=1S/C20H32N6O2/c1-15-13-18(23-20(21)22-15)24-7-4-17(5-8-24)26-6-2-3-16(14-26)19(27)25-9-11-28-12-10-25/h13,16-17H,2-12,14H2,1H3,(H2,21,22,23)/t16-/m1/s1. The zero-order chi connectivity index (χ0) is 19.5. The Balaban J connectivity index is 1.32. The number of carbonyl (C=O) groups excluding carboxylic acids is 1. The van der Waals surface area contributed by atoms with Gasteiger partial charge < -0.3 is 20.3 Å². The van der Waals surface area contributed by atoms with E-state index in [0.717, 1.165) is 76.5 Å². The number of nitrogens with two attached hydrogens (primary N) is 1. The van der Waals surface area contributed by atoms with Gasteiger partial charge in [0.15, 0.2) is 0 Å². The van der Waals surface area contributed by atoms with E-state index in [1.54, 1.807) is 0 Å². The minimum Gasteiger partial charge on any atom is -0.378 e. The van der Waals surface area contributed by atoms with Crippen LogP contribution < -0.4 is 10.6 Å². The van der Waals surface area contributed by atoms with Crippen LogP contribution in [0.4, 0.5) is 11.8 Å². The lowest BCUT2D eigenvalue weighted by atomic mass is 9.92. The summed E-state index contributed by atoms with van der Waals surface area (Å²) in [6.45, 7) is 8.75. The van der Waals surface area contributed by atoms with Crippen molar-refractivity contribution in [2.24, 2.45) is 5.92 Å². The lowest BCUT2D eigenvalue weighted by Gasteiger charge is -2.43. The molecule has 8 nitrogen and oxygen atoms in total. The Kier molecular flexibility index (Phi) is 5.96. The number of aromatic nitrogens is 2. The minimum absolute atomic E-state index is 0.147. The Labute approximate surface area is 167 Å². The van der Waals surface area contributed by atoms with Crippen molar-refractivity contribution in [1.82, 2.24) is 19.8 Å². The fourth-order valence-electron chi connectivity index (χ4n) is 4.78. The van der Waals surface area contributed by atoms with E-state index < -0.39 is 0 Å². The molecular formula is C20H32N6O2. The van der Waals surface area contributed by atoms with E-state index in [1.807, 2.05) is 17.9 Å². The third-order valence-corrected chi connectivity index (χ3v) is 6.29. The number of morpholine rings is 1. The molecule has 3 aliphatic heterocycles. The molecule has 0 saturated carbocycles. The Morgan fingerprint density at radius 2 is 1.86 bits per heavy atom. The second kappa shape index (κ2) is 8.61. The highest BCUT2D eigenvalue weighted by molar-refractivity contribution is 5.79. The van der Waals surface area contributed by atoms with Crippen LogP contribution >= 0.6 is 0 Å². The Morgan fingerprint density at radius 3 is 2.57 bits per heavy atom. The number of aryl methyl sites for hydroxylation is 1. The van der Waals surface area contributed by atoms with Crippen molar-refractivity contribution in [2.75, 3.05) is 63.1 Å². The van der Waals surface area contributed by atoms with E-state index in [1.165, 1.54) is 0 Å². The van der Waals surface area contributed by atoms with Crippen molar-refractivity contribution in [1.29, 1.82) is 0 Å². The third-order valence-electron chi connectivity index (χ3n) is 6.29. The van der Waals surface area contributed by atoms with Crippen molar-refractivity contribution in [2.45, 2.75) is 38.6 Å². The molecule has 0 aliphatic carbocycles. The number of carbonyl (C=O) groups is 1. The fourth-order valence-corrected chi connectivity index (χ4v) is 4.78. The number of rotatable bonds is 3. The van der Waals surface area contributed by atoms with Crippen LogP contribution in [0.2, 0.25) is 0 Å². The molecular weight excluding hydrogens is 356 g/mol. The molecule has 1 aromatic heterocycles. The first-order valence-electron chi connectivity index (χ1n) is 10.6. The summed E-state index contributed by atoms with van der Waals surface area (Å²) in [6.07, 6.45) is 4.33. The summed E-state index contributed by atoms with van der Waals surface area (Å²) in [5.74, 6) is 1.76. The fraction of sp³-hybridized carbons (Fsp3) is 0.750. The van der Waals surface area contributed by atoms with Crippen molar-refractivity contribution in [3.8, 4) is 0 Å². The second-order valence-corrected chi connectivity index (χ2v) is 8.22. The maximum Gasteiger partial charge on any atom is 0.227 e. The smallest absolute Gasteiger partial charge is 0.227 e. The number of nitrogens with zero attached hydrogens (tertiary/aromatic N) is 5. The summed E-state index contributed by atoms with van der Waals surface area (Å²) in [5, 5.41) is 0. The molecule has 2 N–H and O–H groups in total. The van der Waals surface area contributed by atoms with Crippen LogP contribution in [-0.4, -0.2) is 84.2 Å². The Morgan fingerprint density at radius 1 is 1.11 bits per heavy atom. The van der Waals surface area contributed by atoms with Gasteiger partial charge in [0, 0.05) is 50.5 Å². The average Bonchev–Trinajstić information content (AvgIpc) is 2.73. The third kappa shape index (κ3) is 4.38. The predicted molar refractivity (Wildman–Crippen MR) is 108 cm³/mol. The van der Waals surface area contributed by atoms with E-state index in [0.29, 0.717) is 31.1 Å². The molecule has 1 amide bonds. The molecule has 3 aliphatic rings. The summed E-state index contributed by atoms with van der Waals surface area (Å²) in [4.78, 5) is 28.3. The zero-order valence-electron chi connectivity index (χ0n) is 16.8. The average molecular weight is 389 g/mol. The normalized spacial score (nSPS) is 25.1. The van der Waals surface area contributed by atoms with Gasteiger partial charge in [-0.3, -0.25) is 9.69 Å². The Bertz CT molecular complexity index is 665. The molecule has 0 spiro atoms. The predicted octanol–water partition coefficient (Wildman–Crippen LogP) is 0.907. The molecule has 28 heavy (non-hydrogen) atoms. The van der Waals surface area contributed by atoms with E-state index in [-0.39, 0.29) is 5.92 Å². The number of anilines is 2. The molecule has 154 valence electrons. The lowest BCUT2D eigenvalue weighted by molar-refractivity contribution is -0.141. The molecule has 4 rings (SSSR count).